The molecular formula is C12H21N3O. The minimum atomic E-state index is -0.191. The highest BCUT2D eigenvalue weighted by Gasteiger charge is 2.20. The molecule has 1 aromatic rings. The van der Waals surface area contributed by atoms with E-state index in [9.17, 15) is 0 Å². The molecule has 0 spiro atoms. The van der Waals surface area contributed by atoms with E-state index in [-0.39, 0.29) is 5.60 Å². The Morgan fingerprint density at radius 1 is 1.31 bits per heavy atom. The third-order valence-electron chi connectivity index (χ3n) is 2.72. The highest BCUT2D eigenvalue weighted by Crippen LogP contribution is 2.26. The van der Waals surface area contributed by atoms with E-state index < -0.39 is 0 Å². The van der Waals surface area contributed by atoms with E-state index in [0.717, 1.165) is 24.2 Å². The van der Waals surface area contributed by atoms with Crippen molar-refractivity contribution < 1.29 is 4.74 Å². The molecule has 0 fully saturated rings. The molecule has 0 unspecified atom stereocenters. The van der Waals surface area contributed by atoms with Gasteiger partial charge in [-0.15, -0.1) is 0 Å². The van der Waals surface area contributed by atoms with Crippen LogP contribution in [0.5, 0.6) is 5.88 Å². The fourth-order valence-electron chi connectivity index (χ4n) is 1.35. The maximum atomic E-state index is 5.92. The quantitative estimate of drug-likeness (QED) is 0.833. The van der Waals surface area contributed by atoms with Crippen molar-refractivity contribution in [1.82, 2.24) is 9.97 Å². The smallest absolute Gasteiger partial charge is 0.222 e. The van der Waals surface area contributed by atoms with Gasteiger partial charge < -0.3 is 10.1 Å². The molecule has 0 atom stereocenters. The number of hydrogen-bond acceptors (Lipinski definition) is 4. The van der Waals surface area contributed by atoms with Crippen molar-refractivity contribution in [2.24, 2.45) is 0 Å². The Balaban J connectivity index is 3.04. The monoisotopic (exact) mass is 223 g/mol. The predicted octanol–water partition coefficient (Wildman–Crippen LogP) is 2.65. The molecule has 0 bridgehead atoms. The van der Waals surface area contributed by atoms with Crippen LogP contribution in [0.2, 0.25) is 0 Å². The van der Waals surface area contributed by atoms with Gasteiger partial charge in [0, 0.05) is 7.05 Å². The minimum absolute atomic E-state index is 0.191. The summed E-state index contributed by atoms with van der Waals surface area (Å²) in [6, 6.07) is 0. The number of anilines is 1. The summed E-state index contributed by atoms with van der Waals surface area (Å²) in [6.45, 7) is 8.30. The average Bonchev–Trinajstić information content (AvgIpc) is 2.28. The molecule has 1 aromatic heterocycles. The van der Waals surface area contributed by atoms with Crippen LogP contribution < -0.4 is 10.1 Å². The van der Waals surface area contributed by atoms with Crippen LogP contribution in [0.4, 0.5) is 5.82 Å². The van der Waals surface area contributed by atoms with Gasteiger partial charge in [-0.1, -0.05) is 13.8 Å². The number of aromatic nitrogens is 2. The Morgan fingerprint density at radius 2 is 2.00 bits per heavy atom. The van der Waals surface area contributed by atoms with E-state index in [1.807, 2.05) is 7.05 Å². The van der Waals surface area contributed by atoms with Crippen LogP contribution in [-0.4, -0.2) is 22.6 Å². The number of nitrogens with zero attached hydrogens (tertiary/aromatic N) is 2. The van der Waals surface area contributed by atoms with Gasteiger partial charge in [-0.3, -0.25) is 0 Å². The van der Waals surface area contributed by atoms with Crippen LogP contribution in [-0.2, 0) is 6.42 Å². The first-order valence-electron chi connectivity index (χ1n) is 5.74. The lowest BCUT2D eigenvalue weighted by molar-refractivity contribution is 0.0975. The Hall–Kier alpha value is -1.32. The van der Waals surface area contributed by atoms with E-state index >= 15 is 0 Å². The lowest BCUT2D eigenvalue weighted by atomic mass is 10.1. The van der Waals surface area contributed by atoms with Crippen molar-refractivity contribution in [3.8, 4) is 5.88 Å². The number of rotatable bonds is 5. The summed E-state index contributed by atoms with van der Waals surface area (Å²) in [5, 5.41) is 3.06. The molecule has 4 nitrogen and oxygen atoms in total. The fraction of sp³-hybridized carbons (Fsp3) is 0.667. The molecule has 0 saturated heterocycles. The van der Waals surface area contributed by atoms with Crippen LogP contribution in [0, 0.1) is 0 Å². The molecule has 0 radical (unpaired) electrons. The summed E-state index contributed by atoms with van der Waals surface area (Å²) >= 11 is 0. The second-order valence-electron chi connectivity index (χ2n) is 4.32. The van der Waals surface area contributed by atoms with Crippen molar-refractivity contribution in [2.45, 2.75) is 46.1 Å². The first kappa shape index (κ1) is 12.7. The second kappa shape index (κ2) is 5.14. The Morgan fingerprint density at radius 3 is 2.50 bits per heavy atom. The average molecular weight is 223 g/mol. The zero-order chi connectivity index (χ0) is 12.2. The van der Waals surface area contributed by atoms with Gasteiger partial charge in [0.2, 0.25) is 5.88 Å². The van der Waals surface area contributed by atoms with Crippen LogP contribution in [0.1, 0.15) is 39.7 Å². The van der Waals surface area contributed by atoms with Gasteiger partial charge in [0.05, 0.1) is 5.56 Å². The van der Waals surface area contributed by atoms with Crippen LogP contribution in [0.15, 0.2) is 6.33 Å². The van der Waals surface area contributed by atoms with Crippen LogP contribution >= 0.6 is 0 Å². The van der Waals surface area contributed by atoms with Crippen molar-refractivity contribution in [1.29, 1.82) is 0 Å². The highest BCUT2D eigenvalue weighted by atomic mass is 16.5. The van der Waals surface area contributed by atoms with Gasteiger partial charge in [0.25, 0.3) is 0 Å². The molecule has 0 aliphatic carbocycles. The fourth-order valence-corrected chi connectivity index (χ4v) is 1.35. The summed E-state index contributed by atoms with van der Waals surface area (Å²) in [6.07, 6.45) is 3.33. The Labute approximate surface area is 97.5 Å². The Kier molecular flexibility index (Phi) is 4.10. The van der Waals surface area contributed by atoms with E-state index in [1.54, 1.807) is 0 Å². The first-order valence-corrected chi connectivity index (χ1v) is 5.74. The largest absolute Gasteiger partial charge is 0.471 e. The number of ether oxygens (including phenoxy) is 1. The van der Waals surface area contributed by atoms with Crippen molar-refractivity contribution in [3.05, 3.63) is 11.9 Å². The van der Waals surface area contributed by atoms with Crippen molar-refractivity contribution in [2.75, 3.05) is 12.4 Å². The highest BCUT2D eigenvalue weighted by molar-refractivity contribution is 5.48. The summed E-state index contributed by atoms with van der Waals surface area (Å²) in [7, 11) is 1.86. The van der Waals surface area contributed by atoms with Gasteiger partial charge in [0.1, 0.15) is 17.7 Å². The summed E-state index contributed by atoms with van der Waals surface area (Å²) in [4.78, 5) is 8.40. The number of hydrogen-bond donors (Lipinski definition) is 1. The summed E-state index contributed by atoms with van der Waals surface area (Å²) in [5.41, 5.74) is 0.843. The molecule has 1 heterocycles. The third kappa shape index (κ3) is 2.84. The van der Waals surface area contributed by atoms with E-state index in [1.165, 1.54) is 6.33 Å². The van der Waals surface area contributed by atoms with Crippen LogP contribution in [0.3, 0.4) is 0 Å². The maximum Gasteiger partial charge on any atom is 0.222 e. The van der Waals surface area contributed by atoms with E-state index in [4.69, 9.17) is 4.74 Å². The standard InChI is InChI=1S/C12H21N3O/c1-6-9-10(13-5)14-8-15-11(9)16-12(3,4)7-2/h8H,6-7H2,1-5H3,(H,13,14,15). The van der Waals surface area contributed by atoms with E-state index in [2.05, 4.69) is 43.0 Å². The zero-order valence-electron chi connectivity index (χ0n) is 10.8. The molecule has 90 valence electrons. The van der Waals surface area contributed by atoms with E-state index in [0.29, 0.717) is 5.88 Å². The second-order valence-corrected chi connectivity index (χ2v) is 4.32. The van der Waals surface area contributed by atoms with Gasteiger partial charge in [-0.25, -0.2) is 9.97 Å². The van der Waals surface area contributed by atoms with Gasteiger partial charge in [0.15, 0.2) is 0 Å². The molecule has 16 heavy (non-hydrogen) atoms. The van der Waals surface area contributed by atoms with Gasteiger partial charge in [-0.05, 0) is 26.7 Å². The lowest BCUT2D eigenvalue weighted by Gasteiger charge is -2.25. The summed E-state index contributed by atoms with van der Waals surface area (Å²) < 4.78 is 5.92. The van der Waals surface area contributed by atoms with Crippen molar-refractivity contribution in [3.63, 3.8) is 0 Å². The molecule has 0 aliphatic heterocycles. The molecule has 4 heteroatoms. The van der Waals surface area contributed by atoms with Gasteiger partial charge >= 0.3 is 0 Å². The lowest BCUT2D eigenvalue weighted by Crippen LogP contribution is -2.28. The molecule has 0 amide bonds. The van der Waals surface area contributed by atoms with Gasteiger partial charge in [-0.2, -0.15) is 0 Å². The third-order valence-corrected chi connectivity index (χ3v) is 2.72. The molecule has 1 rings (SSSR count). The Bertz CT molecular complexity index is 350. The molecule has 0 aliphatic rings. The summed E-state index contributed by atoms with van der Waals surface area (Å²) in [5.74, 6) is 1.54. The maximum absolute atomic E-state index is 5.92. The molecule has 1 N–H and O–H groups in total. The van der Waals surface area contributed by atoms with Crippen molar-refractivity contribution >= 4 is 5.82 Å². The van der Waals surface area contributed by atoms with Crippen LogP contribution in [0.25, 0.3) is 0 Å². The SMILES string of the molecule is CCc1c(NC)ncnc1OC(C)(C)CC. The number of nitrogens with one attached hydrogen (secondary N) is 1. The first-order chi connectivity index (χ1) is 7.54. The minimum Gasteiger partial charge on any atom is -0.471 e. The molecular weight excluding hydrogens is 202 g/mol. The normalized spacial score (nSPS) is 11.3. The predicted molar refractivity (Wildman–Crippen MR) is 66.0 cm³/mol. The topological polar surface area (TPSA) is 47.0 Å². The zero-order valence-corrected chi connectivity index (χ0v) is 10.8. The molecule has 0 aromatic carbocycles. The molecule has 0 saturated carbocycles.